The second-order valence-corrected chi connectivity index (χ2v) is 6.80. The molecule has 0 aromatic rings. The highest BCUT2D eigenvalue weighted by molar-refractivity contribution is 4.98. The van der Waals surface area contributed by atoms with Gasteiger partial charge in [-0.05, 0) is 39.3 Å². The smallest absolute Gasteiger partial charge is 0.0309 e. The van der Waals surface area contributed by atoms with Crippen molar-refractivity contribution in [3.63, 3.8) is 0 Å². The van der Waals surface area contributed by atoms with E-state index in [2.05, 4.69) is 22.2 Å². The maximum Gasteiger partial charge on any atom is 0.0309 e. The molecule has 3 nitrogen and oxygen atoms in total. The van der Waals surface area contributed by atoms with Crippen molar-refractivity contribution in [3.8, 4) is 0 Å². The van der Waals surface area contributed by atoms with Crippen molar-refractivity contribution in [1.82, 2.24) is 15.1 Å². The summed E-state index contributed by atoms with van der Waals surface area (Å²) in [5.41, 5.74) is 0.479. The zero-order valence-electron chi connectivity index (χ0n) is 12.0. The summed E-state index contributed by atoms with van der Waals surface area (Å²) in [5.74, 6) is 0. The molecule has 1 atom stereocenters. The van der Waals surface area contributed by atoms with E-state index in [0.717, 1.165) is 6.04 Å². The maximum absolute atomic E-state index is 3.86. The molecule has 1 saturated carbocycles. The van der Waals surface area contributed by atoms with Crippen LogP contribution < -0.4 is 5.32 Å². The lowest BCUT2D eigenvalue weighted by Crippen LogP contribution is -2.64. The van der Waals surface area contributed by atoms with Crippen molar-refractivity contribution in [2.75, 3.05) is 39.8 Å². The van der Waals surface area contributed by atoms with Gasteiger partial charge in [0.2, 0.25) is 0 Å². The molecule has 2 saturated heterocycles. The van der Waals surface area contributed by atoms with Gasteiger partial charge in [-0.3, -0.25) is 4.90 Å². The summed E-state index contributed by atoms with van der Waals surface area (Å²) in [6.45, 7) is 6.37. The minimum absolute atomic E-state index is 0.479. The second kappa shape index (κ2) is 5.48. The van der Waals surface area contributed by atoms with Crippen LogP contribution in [-0.4, -0.2) is 61.2 Å². The van der Waals surface area contributed by atoms with Crippen LogP contribution in [0.1, 0.15) is 44.9 Å². The van der Waals surface area contributed by atoms with E-state index in [1.807, 2.05) is 0 Å². The molecule has 0 aromatic heterocycles. The van der Waals surface area contributed by atoms with Crippen molar-refractivity contribution in [3.05, 3.63) is 0 Å². The Kier molecular flexibility index (Phi) is 3.92. The van der Waals surface area contributed by atoms with Gasteiger partial charge in [0.25, 0.3) is 0 Å². The van der Waals surface area contributed by atoms with Gasteiger partial charge in [-0.25, -0.2) is 0 Å². The Labute approximate surface area is 112 Å². The van der Waals surface area contributed by atoms with Gasteiger partial charge < -0.3 is 10.2 Å². The third kappa shape index (κ3) is 2.73. The summed E-state index contributed by atoms with van der Waals surface area (Å²) >= 11 is 0. The molecule has 3 aliphatic rings. The quantitative estimate of drug-likeness (QED) is 0.765. The van der Waals surface area contributed by atoms with Crippen molar-refractivity contribution in [2.24, 2.45) is 0 Å². The Bertz CT molecular complexity index is 267. The van der Waals surface area contributed by atoms with Gasteiger partial charge in [-0.15, -0.1) is 0 Å². The Hall–Kier alpha value is -0.120. The van der Waals surface area contributed by atoms with Gasteiger partial charge in [0.15, 0.2) is 0 Å². The molecule has 2 heterocycles. The first kappa shape index (κ1) is 12.9. The fourth-order valence-electron chi connectivity index (χ4n) is 4.30. The zero-order chi connectivity index (χ0) is 12.4. The van der Waals surface area contributed by atoms with Crippen LogP contribution in [0, 0.1) is 0 Å². The molecular weight excluding hydrogens is 222 g/mol. The molecule has 104 valence electrons. The van der Waals surface area contributed by atoms with E-state index in [0.29, 0.717) is 5.54 Å². The van der Waals surface area contributed by atoms with Crippen LogP contribution in [-0.2, 0) is 0 Å². The highest BCUT2D eigenvalue weighted by atomic mass is 15.3. The largest absolute Gasteiger partial charge is 0.309 e. The molecule has 1 aliphatic carbocycles. The van der Waals surface area contributed by atoms with Crippen molar-refractivity contribution in [1.29, 1.82) is 0 Å². The molecule has 3 rings (SSSR count). The summed E-state index contributed by atoms with van der Waals surface area (Å²) in [4.78, 5) is 5.32. The predicted octanol–water partition coefficient (Wildman–Crippen LogP) is 1.69. The van der Waals surface area contributed by atoms with Gasteiger partial charge in [0.05, 0.1) is 0 Å². The minimum atomic E-state index is 0.479. The molecule has 18 heavy (non-hydrogen) atoms. The summed E-state index contributed by atoms with van der Waals surface area (Å²) in [6, 6.07) is 0.824. The van der Waals surface area contributed by atoms with Gasteiger partial charge in [-0.1, -0.05) is 19.3 Å². The van der Waals surface area contributed by atoms with E-state index in [-0.39, 0.29) is 0 Å². The lowest BCUT2D eigenvalue weighted by molar-refractivity contribution is 0.0391. The van der Waals surface area contributed by atoms with E-state index in [1.54, 1.807) is 0 Å². The lowest BCUT2D eigenvalue weighted by atomic mass is 9.79. The van der Waals surface area contributed by atoms with Crippen LogP contribution >= 0.6 is 0 Å². The molecule has 3 heteroatoms. The molecule has 2 aliphatic heterocycles. The number of hydrogen-bond acceptors (Lipinski definition) is 3. The molecule has 1 N–H and O–H groups in total. The number of piperidine rings is 1. The lowest BCUT2D eigenvalue weighted by Gasteiger charge is -2.49. The predicted molar refractivity (Wildman–Crippen MR) is 75.9 cm³/mol. The summed E-state index contributed by atoms with van der Waals surface area (Å²) in [7, 11) is 2.28. The van der Waals surface area contributed by atoms with Crippen LogP contribution in [0.4, 0.5) is 0 Å². The van der Waals surface area contributed by atoms with Gasteiger partial charge in [0, 0.05) is 37.8 Å². The number of likely N-dealkylation sites (N-methyl/N-ethyl adjacent to an activating group) is 1. The van der Waals surface area contributed by atoms with Crippen LogP contribution in [0.3, 0.4) is 0 Å². The molecule has 0 amide bonds. The maximum atomic E-state index is 3.86. The first-order valence-corrected chi connectivity index (χ1v) is 7.95. The average molecular weight is 251 g/mol. The molecule has 1 unspecified atom stereocenters. The number of rotatable bonds is 1. The molecule has 0 bridgehead atoms. The molecule has 1 spiro atoms. The first-order valence-electron chi connectivity index (χ1n) is 7.95. The summed E-state index contributed by atoms with van der Waals surface area (Å²) < 4.78 is 0. The molecule has 0 aromatic carbocycles. The fraction of sp³-hybridized carbons (Fsp3) is 1.00. The zero-order valence-corrected chi connectivity index (χ0v) is 12.0. The number of likely N-dealkylation sites (tertiary alicyclic amines) is 1. The minimum Gasteiger partial charge on any atom is -0.309 e. The van der Waals surface area contributed by atoms with Gasteiger partial charge in [0.1, 0.15) is 0 Å². The fourth-order valence-corrected chi connectivity index (χ4v) is 4.30. The van der Waals surface area contributed by atoms with Gasteiger partial charge in [-0.2, -0.15) is 0 Å². The monoisotopic (exact) mass is 251 g/mol. The van der Waals surface area contributed by atoms with Crippen molar-refractivity contribution in [2.45, 2.75) is 56.5 Å². The van der Waals surface area contributed by atoms with Gasteiger partial charge >= 0.3 is 0 Å². The number of piperazine rings is 1. The molecule has 3 fully saturated rings. The topological polar surface area (TPSA) is 18.5 Å². The SMILES string of the molecule is CN1CCCC(N2CCNC3(CCCCC3)C2)C1. The summed E-state index contributed by atoms with van der Waals surface area (Å²) in [5, 5.41) is 3.86. The van der Waals surface area contributed by atoms with Crippen molar-refractivity contribution < 1.29 is 0 Å². The third-order valence-electron chi connectivity index (χ3n) is 5.33. The third-order valence-corrected chi connectivity index (χ3v) is 5.33. The number of hydrogen-bond donors (Lipinski definition) is 1. The molecule has 0 radical (unpaired) electrons. The number of nitrogens with one attached hydrogen (secondary N) is 1. The first-order chi connectivity index (χ1) is 8.77. The second-order valence-electron chi connectivity index (χ2n) is 6.80. The van der Waals surface area contributed by atoms with Crippen LogP contribution in [0.2, 0.25) is 0 Å². The average Bonchev–Trinajstić information content (AvgIpc) is 2.40. The Morgan fingerprint density at radius 1 is 1.06 bits per heavy atom. The Morgan fingerprint density at radius 3 is 2.67 bits per heavy atom. The highest BCUT2D eigenvalue weighted by Crippen LogP contribution is 2.32. The Morgan fingerprint density at radius 2 is 1.89 bits per heavy atom. The van der Waals surface area contributed by atoms with Crippen LogP contribution in [0.25, 0.3) is 0 Å². The normalized spacial score (nSPS) is 34.8. The molecular formula is C15H29N3. The number of nitrogens with zero attached hydrogens (tertiary/aromatic N) is 2. The van der Waals surface area contributed by atoms with Crippen LogP contribution in [0.15, 0.2) is 0 Å². The van der Waals surface area contributed by atoms with E-state index in [9.17, 15) is 0 Å². The van der Waals surface area contributed by atoms with E-state index in [4.69, 9.17) is 0 Å². The Balaban J connectivity index is 1.62. The highest BCUT2D eigenvalue weighted by Gasteiger charge is 2.38. The van der Waals surface area contributed by atoms with E-state index in [1.165, 1.54) is 77.7 Å². The van der Waals surface area contributed by atoms with E-state index >= 15 is 0 Å². The summed E-state index contributed by atoms with van der Waals surface area (Å²) in [6.07, 6.45) is 9.95. The standard InChI is InChI=1S/C15H29N3/c1-17-10-5-6-14(12-17)18-11-9-16-15(13-18)7-3-2-4-8-15/h14,16H,2-13H2,1H3. The van der Waals surface area contributed by atoms with Crippen LogP contribution in [0.5, 0.6) is 0 Å². The van der Waals surface area contributed by atoms with Crippen molar-refractivity contribution >= 4 is 0 Å². The van der Waals surface area contributed by atoms with E-state index < -0.39 is 0 Å².